The standard InChI is InChI=1S/C11H25NO3/c1-10(2)8-15-7-6-14-5-4-11(3,12)9-13/h10,13H,4-9,12H2,1-3H3. The molecule has 0 radical (unpaired) electrons. The van der Waals surface area contributed by atoms with Crippen LogP contribution in [0.3, 0.4) is 0 Å². The van der Waals surface area contributed by atoms with Gasteiger partial charge in [-0.15, -0.1) is 0 Å². The number of nitrogens with two attached hydrogens (primary N) is 1. The van der Waals surface area contributed by atoms with Crippen LogP contribution in [-0.4, -0.2) is 43.7 Å². The van der Waals surface area contributed by atoms with Crippen molar-refractivity contribution in [1.82, 2.24) is 0 Å². The summed E-state index contributed by atoms with van der Waals surface area (Å²) in [7, 11) is 0. The van der Waals surface area contributed by atoms with Gasteiger partial charge in [-0.3, -0.25) is 0 Å². The van der Waals surface area contributed by atoms with Crippen molar-refractivity contribution in [3.05, 3.63) is 0 Å². The summed E-state index contributed by atoms with van der Waals surface area (Å²) in [5, 5.41) is 8.89. The predicted molar refractivity (Wildman–Crippen MR) is 60.8 cm³/mol. The molecule has 3 N–H and O–H groups in total. The molecule has 0 heterocycles. The van der Waals surface area contributed by atoms with Gasteiger partial charge in [-0.25, -0.2) is 0 Å². The Morgan fingerprint density at radius 2 is 1.80 bits per heavy atom. The Morgan fingerprint density at radius 1 is 1.20 bits per heavy atom. The molecule has 0 aromatic rings. The molecule has 4 nitrogen and oxygen atoms in total. The van der Waals surface area contributed by atoms with Gasteiger partial charge in [0.25, 0.3) is 0 Å². The first-order valence-electron chi connectivity index (χ1n) is 5.53. The summed E-state index contributed by atoms with van der Waals surface area (Å²) in [4.78, 5) is 0. The fourth-order valence-corrected chi connectivity index (χ4v) is 0.923. The van der Waals surface area contributed by atoms with E-state index >= 15 is 0 Å². The van der Waals surface area contributed by atoms with Crippen LogP contribution in [0.15, 0.2) is 0 Å². The molecule has 4 heteroatoms. The van der Waals surface area contributed by atoms with Gasteiger partial charge in [-0.05, 0) is 19.3 Å². The molecule has 92 valence electrons. The number of hydrogen-bond acceptors (Lipinski definition) is 4. The molecule has 1 unspecified atom stereocenters. The van der Waals surface area contributed by atoms with Gasteiger partial charge in [-0.1, -0.05) is 13.8 Å². The lowest BCUT2D eigenvalue weighted by Crippen LogP contribution is -2.41. The Hall–Kier alpha value is -0.160. The van der Waals surface area contributed by atoms with Gasteiger partial charge in [-0.2, -0.15) is 0 Å². The Kier molecular flexibility index (Phi) is 7.96. The fraction of sp³-hybridized carbons (Fsp3) is 1.00. The Balaban J connectivity index is 3.18. The van der Waals surface area contributed by atoms with E-state index in [9.17, 15) is 0 Å². The van der Waals surface area contributed by atoms with Crippen LogP contribution in [0.4, 0.5) is 0 Å². The van der Waals surface area contributed by atoms with E-state index in [2.05, 4.69) is 13.8 Å². The summed E-state index contributed by atoms with van der Waals surface area (Å²) < 4.78 is 10.7. The first kappa shape index (κ1) is 14.8. The Labute approximate surface area is 92.7 Å². The Morgan fingerprint density at radius 3 is 2.33 bits per heavy atom. The van der Waals surface area contributed by atoms with Crippen molar-refractivity contribution >= 4 is 0 Å². The molecule has 0 aliphatic carbocycles. The predicted octanol–water partition coefficient (Wildman–Crippen LogP) is 0.775. The monoisotopic (exact) mass is 219 g/mol. The van der Waals surface area contributed by atoms with Crippen molar-refractivity contribution in [3.63, 3.8) is 0 Å². The van der Waals surface area contributed by atoms with Gasteiger partial charge in [0.15, 0.2) is 0 Å². The maximum absolute atomic E-state index is 8.89. The maximum Gasteiger partial charge on any atom is 0.0700 e. The third-order valence-corrected chi connectivity index (χ3v) is 2.00. The zero-order chi connectivity index (χ0) is 11.7. The summed E-state index contributed by atoms with van der Waals surface area (Å²) in [6.07, 6.45) is 0.660. The van der Waals surface area contributed by atoms with Crippen LogP contribution in [0, 0.1) is 5.92 Å². The van der Waals surface area contributed by atoms with E-state index in [-0.39, 0.29) is 6.61 Å². The van der Waals surface area contributed by atoms with Gasteiger partial charge in [0.05, 0.1) is 19.8 Å². The normalized spacial score (nSPS) is 15.6. The molecule has 0 aromatic carbocycles. The lowest BCUT2D eigenvalue weighted by molar-refractivity contribution is 0.0298. The maximum atomic E-state index is 8.89. The van der Waals surface area contributed by atoms with Crippen LogP contribution in [0.25, 0.3) is 0 Å². The average Bonchev–Trinajstić information content (AvgIpc) is 2.16. The van der Waals surface area contributed by atoms with Crippen LogP contribution >= 0.6 is 0 Å². The molecular weight excluding hydrogens is 194 g/mol. The molecule has 0 aromatic heterocycles. The zero-order valence-corrected chi connectivity index (χ0v) is 10.2. The zero-order valence-electron chi connectivity index (χ0n) is 10.2. The van der Waals surface area contributed by atoms with Crippen LogP contribution in [-0.2, 0) is 9.47 Å². The molecule has 1 atom stereocenters. The van der Waals surface area contributed by atoms with Crippen LogP contribution in [0.5, 0.6) is 0 Å². The second-order valence-electron chi connectivity index (χ2n) is 4.64. The van der Waals surface area contributed by atoms with E-state index in [1.165, 1.54) is 0 Å². The number of hydrogen-bond donors (Lipinski definition) is 2. The highest BCUT2D eigenvalue weighted by molar-refractivity contribution is 4.76. The number of rotatable bonds is 9. The second kappa shape index (κ2) is 8.05. The van der Waals surface area contributed by atoms with E-state index in [4.69, 9.17) is 20.3 Å². The number of ether oxygens (including phenoxy) is 2. The molecule has 0 fully saturated rings. The summed E-state index contributed by atoms with van der Waals surface area (Å²) in [6.45, 7) is 8.58. The molecule has 0 saturated heterocycles. The van der Waals surface area contributed by atoms with Gasteiger partial charge in [0, 0.05) is 18.8 Å². The first-order valence-corrected chi connectivity index (χ1v) is 5.53. The highest BCUT2D eigenvalue weighted by atomic mass is 16.5. The minimum absolute atomic E-state index is 0.0137. The largest absolute Gasteiger partial charge is 0.394 e. The third-order valence-electron chi connectivity index (χ3n) is 2.00. The molecule has 0 spiro atoms. The minimum Gasteiger partial charge on any atom is -0.394 e. The van der Waals surface area contributed by atoms with Crippen molar-refractivity contribution in [2.24, 2.45) is 11.7 Å². The minimum atomic E-state index is -0.529. The SMILES string of the molecule is CC(C)COCCOCCC(C)(N)CO. The fourth-order valence-electron chi connectivity index (χ4n) is 0.923. The topological polar surface area (TPSA) is 64.7 Å². The molecule has 15 heavy (non-hydrogen) atoms. The summed E-state index contributed by atoms with van der Waals surface area (Å²) >= 11 is 0. The Bertz CT molecular complexity index is 149. The summed E-state index contributed by atoms with van der Waals surface area (Å²) in [5.74, 6) is 0.562. The molecule has 0 amide bonds. The van der Waals surface area contributed by atoms with Crippen molar-refractivity contribution in [1.29, 1.82) is 0 Å². The second-order valence-corrected chi connectivity index (χ2v) is 4.64. The quantitative estimate of drug-likeness (QED) is 0.562. The van der Waals surface area contributed by atoms with Gasteiger partial charge >= 0.3 is 0 Å². The molecular formula is C11H25NO3. The van der Waals surface area contributed by atoms with Gasteiger partial charge in [0.1, 0.15) is 0 Å². The van der Waals surface area contributed by atoms with Crippen molar-refractivity contribution in [2.45, 2.75) is 32.7 Å². The lowest BCUT2D eigenvalue weighted by Gasteiger charge is -2.21. The van der Waals surface area contributed by atoms with Crippen LogP contribution in [0.2, 0.25) is 0 Å². The number of aliphatic hydroxyl groups excluding tert-OH is 1. The van der Waals surface area contributed by atoms with Crippen molar-refractivity contribution in [2.75, 3.05) is 33.0 Å². The smallest absolute Gasteiger partial charge is 0.0700 e. The average molecular weight is 219 g/mol. The van der Waals surface area contributed by atoms with E-state index < -0.39 is 5.54 Å². The van der Waals surface area contributed by atoms with E-state index in [1.807, 2.05) is 6.92 Å². The lowest BCUT2D eigenvalue weighted by atomic mass is 10.0. The van der Waals surface area contributed by atoms with Crippen LogP contribution < -0.4 is 5.73 Å². The molecule has 0 aliphatic heterocycles. The first-order chi connectivity index (χ1) is 6.98. The third kappa shape index (κ3) is 10.1. The van der Waals surface area contributed by atoms with Crippen molar-refractivity contribution < 1.29 is 14.6 Å². The highest BCUT2D eigenvalue weighted by Crippen LogP contribution is 2.03. The summed E-state index contributed by atoms with van der Waals surface area (Å²) in [6, 6.07) is 0. The molecule has 0 rings (SSSR count). The highest BCUT2D eigenvalue weighted by Gasteiger charge is 2.15. The molecule has 0 saturated carbocycles. The molecule has 0 bridgehead atoms. The van der Waals surface area contributed by atoms with E-state index in [0.29, 0.717) is 32.2 Å². The molecule has 0 aliphatic rings. The van der Waals surface area contributed by atoms with Gasteiger partial charge < -0.3 is 20.3 Å². The van der Waals surface area contributed by atoms with E-state index in [0.717, 1.165) is 6.61 Å². The summed E-state index contributed by atoms with van der Waals surface area (Å²) in [5.41, 5.74) is 5.21. The number of aliphatic hydroxyl groups is 1. The van der Waals surface area contributed by atoms with Gasteiger partial charge in [0.2, 0.25) is 0 Å². The van der Waals surface area contributed by atoms with Crippen molar-refractivity contribution in [3.8, 4) is 0 Å². The van der Waals surface area contributed by atoms with E-state index in [1.54, 1.807) is 0 Å². The van der Waals surface area contributed by atoms with Crippen LogP contribution in [0.1, 0.15) is 27.2 Å².